The second-order valence-corrected chi connectivity index (χ2v) is 11.5. The predicted octanol–water partition coefficient (Wildman–Crippen LogP) is 6.73. The van der Waals surface area contributed by atoms with Gasteiger partial charge in [0.15, 0.2) is 11.5 Å². The molecule has 1 aliphatic carbocycles. The van der Waals surface area contributed by atoms with Gasteiger partial charge in [0.1, 0.15) is 11.2 Å². The Balaban J connectivity index is 0.000000845. The van der Waals surface area contributed by atoms with Crippen molar-refractivity contribution in [1.82, 2.24) is 19.5 Å². The van der Waals surface area contributed by atoms with Gasteiger partial charge in [0.25, 0.3) is 5.56 Å². The molecule has 1 aliphatic heterocycles. The molecule has 45 heavy (non-hydrogen) atoms. The number of ether oxygens (including phenoxy) is 1. The summed E-state index contributed by atoms with van der Waals surface area (Å²) in [5.41, 5.74) is 4.95. The lowest BCUT2D eigenvalue weighted by atomic mass is 10.1. The Morgan fingerprint density at radius 3 is 2.51 bits per heavy atom. The second kappa shape index (κ2) is 13.5. The molecule has 0 atom stereocenters. The molecule has 10 nitrogen and oxygen atoms in total. The summed E-state index contributed by atoms with van der Waals surface area (Å²) in [5, 5.41) is 4.18. The van der Waals surface area contributed by atoms with Crippen molar-refractivity contribution in [3.63, 3.8) is 0 Å². The lowest BCUT2D eigenvalue weighted by molar-refractivity contribution is 0.121. The van der Waals surface area contributed by atoms with E-state index >= 15 is 0 Å². The zero-order valence-electron chi connectivity index (χ0n) is 26.0. The molecule has 0 bridgehead atoms. The van der Waals surface area contributed by atoms with Crippen LogP contribution in [0.25, 0.3) is 33.3 Å². The fraction of sp³-hybridized carbons (Fsp3) is 0.371. The van der Waals surface area contributed by atoms with Crippen molar-refractivity contribution in [2.45, 2.75) is 58.4 Å². The Bertz CT molecular complexity index is 1910. The van der Waals surface area contributed by atoms with Gasteiger partial charge in [-0.1, -0.05) is 44.9 Å². The Labute approximate surface area is 261 Å². The normalized spacial score (nSPS) is 15.3. The van der Waals surface area contributed by atoms with E-state index in [9.17, 15) is 9.59 Å². The van der Waals surface area contributed by atoms with Crippen LogP contribution in [-0.2, 0) is 11.2 Å². The quantitative estimate of drug-likeness (QED) is 0.195. The number of fused-ring (bicyclic) bond motifs is 2. The van der Waals surface area contributed by atoms with Crippen molar-refractivity contribution < 1.29 is 9.15 Å². The van der Waals surface area contributed by atoms with Crippen LogP contribution in [-0.4, -0.2) is 45.8 Å². The van der Waals surface area contributed by atoms with Gasteiger partial charge in [0, 0.05) is 59.8 Å². The molecule has 234 valence electrons. The van der Waals surface area contributed by atoms with E-state index in [4.69, 9.17) is 14.1 Å². The monoisotopic (exact) mass is 608 g/mol. The summed E-state index contributed by atoms with van der Waals surface area (Å²) in [4.78, 5) is 40.6. The van der Waals surface area contributed by atoms with Gasteiger partial charge in [-0.25, -0.2) is 4.98 Å². The highest BCUT2D eigenvalue weighted by Crippen LogP contribution is 2.33. The minimum absolute atomic E-state index is 0.0584. The first-order valence-corrected chi connectivity index (χ1v) is 15.9. The van der Waals surface area contributed by atoms with E-state index in [2.05, 4.69) is 28.8 Å². The average molecular weight is 609 g/mol. The zero-order valence-corrected chi connectivity index (χ0v) is 26.0. The number of hydrogen-bond acceptors (Lipinski definition) is 8. The molecule has 5 heterocycles. The van der Waals surface area contributed by atoms with Crippen LogP contribution in [0.3, 0.4) is 0 Å². The smallest absolute Gasteiger partial charge is 0.255 e. The number of hydrogen-bond donors (Lipinski definition) is 2. The van der Waals surface area contributed by atoms with E-state index in [1.54, 1.807) is 18.5 Å². The van der Waals surface area contributed by atoms with Crippen molar-refractivity contribution in [1.29, 1.82) is 0 Å². The zero-order chi connectivity index (χ0) is 31.3. The third kappa shape index (κ3) is 6.28. The number of aromatic nitrogens is 4. The fourth-order valence-corrected chi connectivity index (χ4v) is 6.03. The number of H-pyrrole nitrogens is 1. The molecule has 0 amide bonds. The lowest BCUT2D eigenvalue weighted by Gasteiger charge is -2.27. The Morgan fingerprint density at radius 1 is 1.09 bits per heavy atom. The first-order chi connectivity index (χ1) is 22.0. The summed E-state index contributed by atoms with van der Waals surface area (Å²) < 4.78 is 13.6. The van der Waals surface area contributed by atoms with E-state index < -0.39 is 0 Å². The number of anilines is 3. The molecule has 1 saturated carbocycles. The minimum atomic E-state index is -0.104. The number of nitrogens with one attached hydrogen (secondary N) is 2. The van der Waals surface area contributed by atoms with Crippen LogP contribution < -0.4 is 21.2 Å². The van der Waals surface area contributed by atoms with Crippen LogP contribution in [0.5, 0.6) is 0 Å². The topological polar surface area (TPSA) is 118 Å². The van der Waals surface area contributed by atoms with Crippen molar-refractivity contribution >= 4 is 39.7 Å². The first-order valence-electron chi connectivity index (χ1n) is 15.9. The molecule has 1 saturated heterocycles. The summed E-state index contributed by atoms with van der Waals surface area (Å²) in [6, 6.07) is 11.5. The maximum atomic E-state index is 13.3. The molecule has 1 aromatic carbocycles. The highest BCUT2D eigenvalue weighted by Gasteiger charge is 2.23. The van der Waals surface area contributed by atoms with E-state index in [-0.39, 0.29) is 17.0 Å². The third-order valence-electron chi connectivity index (χ3n) is 8.52. The average Bonchev–Trinajstić information content (AvgIpc) is 3.77. The first kappa shape index (κ1) is 30.3. The molecule has 0 unspecified atom stereocenters. The van der Waals surface area contributed by atoms with Crippen LogP contribution in [0.15, 0.2) is 75.5 Å². The maximum absolute atomic E-state index is 13.3. The molecule has 7 rings (SSSR count). The number of aryl methyl sites for hydroxylation is 1. The molecule has 2 fully saturated rings. The summed E-state index contributed by atoms with van der Waals surface area (Å²) in [7, 11) is 0. The van der Waals surface area contributed by atoms with E-state index in [0.717, 1.165) is 59.9 Å². The molecule has 2 aliphatic rings. The van der Waals surface area contributed by atoms with Crippen LogP contribution in [0, 0.1) is 0 Å². The van der Waals surface area contributed by atoms with Gasteiger partial charge in [-0.2, -0.15) is 4.98 Å². The van der Waals surface area contributed by atoms with E-state index in [1.165, 1.54) is 0 Å². The van der Waals surface area contributed by atoms with Crippen LogP contribution in [0.1, 0.15) is 57.6 Å². The van der Waals surface area contributed by atoms with Crippen molar-refractivity contribution in [3.8, 4) is 11.1 Å². The SMILES string of the molecule is C=CCC.CCc1cc2cnc(Nc3ccc(-c4c[nH]c5c(=O)cc(N6CCOCC6)oc45)cc3)nc2n(C2CCCC2)c1=O. The van der Waals surface area contributed by atoms with Crippen molar-refractivity contribution in [2.75, 3.05) is 36.5 Å². The lowest BCUT2D eigenvalue weighted by Crippen LogP contribution is -2.36. The van der Waals surface area contributed by atoms with Gasteiger partial charge in [0.05, 0.1) is 13.2 Å². The van der Waals surface area contributed by atoms with Gasteiger partial charge < -0.3 is 24.4 Å². The largest absolute Gasteiger partial charge is 0.438 e. The molecule has 2 N–H and O–H groups in total. The number of rotatable bonds is 7. The minimum Gasteiger partial charge on any atom is -0.438 e. The molecular weight excluding hydrogens is 568 g/mol. The number of allylic oxidation sites excluding steroid dienone is 1. The summed E-state index contributed by atoms with van der Waals surface area (Å²) in [6.07, 6.45) is 11.5. The molecule has 0 radical (unpaired) electrons. The number of benzene rings is 1. The summed E-state index contributed by atoms with van der Waals surface area (Å²) in [5.74, 6) is 0.995. The Hall–Kier alpha value is -4.70. The van der Waals surface area contributed by atoms with Crippen LogP contribution >= 0.6 is 0 Å². The van der Waals surface area contributed by atoms with E-state index in [0.29, 0.717) is 61.3 Å². The highest BCUT2D eigenvalue weighted by atomic mass is 16.5. The van der Waals surface area contributed by atoms with E-state index in [1.807, 2.05) is 52.8 Å². The fourth-order valence-electron chi connectivity index (χ4n) is 6.03. The highest BCUT2D eigenvalue weighted by molar-refractivity contribution is 5.91. The second-order valence-electron chi connectivity index (χ2n) is 11.5. The van der Waals surface area contributed by atoms with Crippen molar-refractivity contribution in [2.24, 2.45) is 0 Å². The maximum Gasteiger partial charge on any atom is 0.255 e. The molecule has 0 spiro atoms. The van der Waals surface area contributed by atoms with Gasteiger partial charge in [-0.15, -0.1) is 6.58 Å². The van der Waals surface area contributed by atoms with Gasteiger partial charge in [-0.3, -0.25) is 14.2 Å². The molecule has 4 aromatic heterocycles. The Morgan fingerprint density at radius 2 is 1.82 bits per heavy atom. The Kier molecular flexibility index (Phi) is 9.11. The number of nitrogens with zero attached hydrogens (tertiary/aromatic N) is 4. The standard InChI is InChI=1S/C31H32N6O4.C4H8/c1-2-19-15-21-17-33-31(35-29(21)37(30(19)39)23-5-3-4-6-23)34-22-9-7-20(8-10-22)24-18-32-27-25(38)16-26(41-28(24)27)36-11-13-40-14-12-36;1-3-4-2/h7-10,15-18,23,32H,2-6,11-14H2,1H3,(H,33,34,35);3H,1,4H2,2H3. The van der Waals surface area contributed by atoms with Crippen LogP contribution in [0.4, 0.5) is 17.5 Å². The summed E-state index contributed by atoms with van der Waals surface area (Å²) >= 11 is 0. The van der Waals surface area contributed by atoms with Crippen molar-refractivity contribution in [3.05, 3.63) is 87.6 Å². The number of pyridine rings is 1. The van der Waals surface area contributed by atoms with Gasteiger partial charge in [0.2, 0.25) is 11.4 Å². The predicted molar refractivity (Wildman–Crippen MR) is 180 cm³/mol. The molecule has 5 aromatic rings. The van der Waals surface area contributed by atoms with Crippen LogP contribution in [0.2, 0.25) is 0 Å². The van der Waals surface area contributed by atoms with Gasteiger partial charge in [-0.05, 0) is 49.4 Å². The summed E-state index contributed by atoms with van der Waals surface area (Å²) in [6.45, 7) is 10.1. The third-order valence-corrected chi connectivity index (χ3v) is 8.52. The molecule has 10 heteroatoms. The van der Waals surface area contributed by atoms with Gasteiger partial charge >= 0.3 is 0 Å². The number of aromatic amines is 1. The number of morpholine rings is 1. The molecular formula is C35H40N6O4.